The first-order chi connectivity index (χ1) is 5.70. The second-order valence-electron chi connectivity index (χ2n) is 1.76. The van der Waals surface area contributed by atoms with Crippen molar-refractivity contribution in [3.63, 3.8) is 0 Å². The molecule has 0 heterocycles. The molecule has 0 N–H and O–H groups in total. The number of hydrogen-bond acceptors (Lipinski definition) is 6. The second kappa shape index (κ2) is 7.30. The molecule has 0 spiro atoms. The van der Waals surface area contributed by atoms with Gasteiger partial charge < -0.3 is 9.47 Å². The number of hydrogen-bond donors (Lipinski definition) is 2. The molecule has 0 aliphatic rings. The van der Waals surface area contributed by atoms with Gasteiger partial charge in [0.1, 0.15) is 13.2 Å². The molecule has 0 bridgehead atoms. The average Bonchev–Trinajstić information content (AvgIpc) is 2.11. The van der Waals surface area contributed by atoms with E-state index in [9.17, 15) is 9.59 Å². The van der Waals surface area contributed by atoms with Gasteiger partial charge in [-0.15, -0.1) is 0 Å². The van der Waals surface area contributed by atoms with Gasteiger partial charge in [0, 0.05) is 0 Å². The zero-order chi connectivity index (χ0) is 9.40. The quantitative estimate of drug-likeness (QED) is 0.379. The molecule has 0 radical (unpaired) electrons. The summed E-state index contributed by atoms with van der Waals surface area (Å²) in [5.74, 6) is -0.804. The maximum absolute atomic E-state index is 10.5. The molecular formula is C6H10O4S2. The van der Waals surface area contributed by atoms with E-state index in [1.54, 1.807) is 0 Å². The number of carbonyl (C=O) groups excluding carboxylic acids is 2. The van der Waals surface area contributed by atoms with Crippen molar-refractivity contribution in [2.24, 2.45) is 0 Å². The summed E-state index contributed by atoms with van der Waals surface area (Å²) in [6, 6.07) is 0. The highest BCUT2D eigenvalue weighted by atomic mass is 32.1. The van der Waals surface area contributed by atoms with Gasteiger partial charge in [0.2, 0.25) is 0 Å². The maximum atomic E-state index is 10.5. The molecule has 12 heavy (non-hydrogen) atoms. The minimum Gasteiger partial charge on any atom is -0.461 e. The summed E-state index contributed by atoms with van der Waals surface area (Å²) in [7, 11) is 0. The fraction of sp³-hybridized carbons (Fsp3) is 0.667. The lowest BCUT2D eigenvalue weighted by Gasteiger charge is -2.03. The van der Waals surface area contributed by atoms with E-state index in [0.717, 1.165) is 0 Å². The van der Waals surface area contributed by atoms with Crippen LogP contribution in [0.1, 0.15) is 0 Å². The van der Waals surface area contributed by atoms with Crippen LogP contribution in [-0.4, -0.2) is 36.7 Å². The molecule has 70 valence electrons. The molecular weight excluding hydrogens is 200 g/mol. The molecule has 0 saturated carbocycles. The van der Waals surface area contributed by atoms with Crippen molar-refractivity contribution >= 4 is 37.2 Å². The van der Waals surface area contributed by atoms with Gasteiger partial charge in [-0.2, -0.15) is 25.3 Å². The Morgan fingerprint density at radius 1 is 0.917 bits per heavy atom. The van der Waals surface area contributed by atoms with Gasteiger partial charge in [-0.05, 0) is 0 Å². The molecule has 0 amide bonds. The second-order valence-corrected chi connectivity index (χ2v) is 2.39. The summed E-state index contributed by atoms with van der Waals surface area (Å²) in [5.41, 5.74) is 0. The highest BCUT2D eigenvalue weighted by molar-refractivity contribution is 7.81. The van der Waals surface area contributed by atoms with Crippen molar-refractivity contribution in [2.75, 3.05) is 24.7 Å². The molecule has 0 aromatic heterocycles. The number of rotatable bonds is 5. The predicted octanol–water partition coefficient (Wildman–Crippen LogP) is -0.0676. The Morgan fingerprint density at radius 2 is 1.25 bits per heavy atom. The highest BCUT2D eigenvalue weighted by Gasteiger charge is 2.00. The van der Waals surface area contributed by atoms with Crippen molar-refractivity contribution in [1.29, 1.82) is 0 Å². The number of esters is 2. The molecule has 0 rings (SSSR count). The predicted molar refractivity (Wildman–Crippen MR) is 49.6 cm³/mol. The van der Waals surface area contributed by atoms with Gasteiger partial charge in [0.25, 0.3) is 0 Å². The first-order valence-electron chi connectivity index (χ1n) is 3.23. The SMILES string of the molecule is O=C(CS)OCCOC(=O)CS. The van der Waals surface area contributed by atoms with Crippen LogP contribution >= 0.6 is 25.3 Å². The fourth-order valence-electron chi connectivity index (χ4n) is 0.402. The molecule has 6 heteroatoms. The minimum absolute atomic E-state index is 0.0283. The molecule has 0 unspecified atom stereocenters. The van der Waals surface area contributed by atoms with Gasteiger partial charge in [-0.1, -0.05) is 0 Å². The van der Waals surface area contributed by atoms with E-state index in [0.29, 0.717) is 0 Å². The Hall–Kier alpha value is -0.360. The standard InChI is InChI=1S/C6H10O4S2/c7-5(3-11)9-1-2-10-6(8)4-12/h11-12H,1-4H2. The van der Waals surface area contributed by atoms with Crippen molar-refractivity contribution in [3.8, 4) is 0 Å². The van der Waals surface area contributed by atoms with Crippen LogP contribution in [0.2, 0.25) is 0 Å². The van der Waals surface area contributed by atoms with E-state index in [4.69, 9.17) is 0 Å². The van der Waals surface area contributed by atoms with Crippen molar-refractivity contribution in [2.45, 2.75) is 0 Å². The third-order valence-electron chi connectivity index (χ3n) is 0.868. The van der Waals surface area contributed by atoms with Crippen molar-refractivity contribution in [1.82, 2.24) is 0 Å². The van der Waals surface area contributed by atoms with Gasteiger partial charge in [-0.25, -0.2) is 0 Å². The van der Waals surface area contributed by atoms with Crippen LogP contribution < -0.4 is 0 Å². The Labute approximate surface area is 81.4 Å². The topological polar surface area (TPSA) is 52.6 Å². The lowest BCUT2D eigenvalue weighted by atomic mass is 10.7. The normalized spacial score (nSPS) is 9.17. The monoisotopic (exact) mass is 210 g/mol. The van der Waals surface area contributed by atoms with Crippen LogP contribution in [0.25, 0.3) is 0 Å². The average molecular weight is 210 g/mol. The smallest absolute Gasteiger partial charge is 0.315 e. The first kappa shape index (κ1) is 11.6. The molecule has 0 aliphatic carbocycles. The van der Waals surface area contributed by atoms with Crippen LogP contribution in [0.4, 0.5) is 0 Å². The van der Waals surface area contributed by atoms with E-state index in [1.807, 2.05) is 0 Å². The summed E-state index contributed by atoms with van der Waals surface area (Å²) in [6.07, 6.45) is 0. The summed E-state index contributed by atoms with van der Waals surface area (Å²) >= 11 is 7.36. The molecule has 0 aromatic rings. The molecule has 0 saturated heterocycles. The third kappa shape index (κ3) is 6.36. The van der Waals surface area contributed by atoms with Crippen LogP contribution in [0.15, 0.2) is 0 Å². The fourth-order valence-corrected chi connectivity index (χ4v) is 0.585. The molecule has 0 fully saturated rings. The van der Waals surface area contributed by atoms with E-state index in [1.165, 1.54) is 0 Å². The van der Waals surface area contributed by atoms with E-state index in [2.05, 4.69) is 34.7 Å². The van der Waals surface area contributed by atoms with Crippen LogP contribution in [0, 0.1) is 0 Å². The van der Waals surface area contributed by atoms with Crippen molar-refractivity contribution < 1.29 is 19.1 Å². The minimum atomic E-state index is -0.430. The van der Waals surface area contributed by atoms with Gasteiger partial charge in [0.05, 0.1) is 11.5 Å². The molecule has 0 aromatic carbocycles. The van der Waals surface area contributed by atoms with Crippen LogP contribution in [0.5, 0.6) is 0 Å². The van der Waals surface area contributed by atoms with Gasteiger partial charge in [0.15, 0.2) is 0 Å². The Kier molecular flexibility index (Phi) is 7.08. The Morgan fingerprint density at radius 3 is 1.50 bits per heavy atom. The van der Waals surface area contributed by atoms with E-state index in [-0.39, 0.29) is 24.7 Å². The van der Waals surface area contributed by atoms with Gasteiger partial charge >= 0.3 is 11.9 Å². The van der Waals surface area contributed by atoms with E-state index < -0.39 is 11.9 Å². The summed E-state index contributed by atoms with van der Waals surface area (Å²) in [4.78, 5) is 20.9. The zero-order valence-electron chi connectivity index (χ0n) is 6.36. The summed E-state index contributed by atoms with van der Waals surface area (Å²) < 4.78 is 9.14. The first-order valence-corrected chi connectivity index (χ1v) is 4.50. The Bertz CT molecular complexity index is 142. The summed E-state index contributed by atoms with van der Waals surface area (Å²) in [6.45, 7) is 0.137. The van der Waals surface area contributed by atoms with Gasteiger partial charge in [-0.3, -0.25) is 9.59 Å². The molecule has 0 aliphatic heterocycles. The van der Waals surface area contributed by atoms with Crippen LogP contribution in [0.3, 0.4) is 0 Å². The summed E-state index contributed by atoms with van der Waals surface area (Å²) in [5, 5.41) is 0. The molecule has 4 nitrogen and oxygen atoms in total. The maximum Gasteiger partial charge on any atom is 0.315 e. The zero-order valence-corrected chi connectivity index (χ0v) is 8.14. The molecule has 0 atom stereocenters. The highest BCUT2D eigenvalue weighted by Crippen LogP contribution is 1.85. The lowest BCUT2D eigenvalue weighted by molar-refractivity contribution is -0.148. The number of ether oxygens (including phenoxy) is 2. The van der Waals surface area contributed by atoms with E-state index >= 15 is 0 Å². The Balaban J connectivity index is 3.21. The number of thiol groups is 2. The van der Waals surface area contributed by atoms with Crippen LogP contribution in [-0.2, 0) is 19.1 Å². The van der Waals surface area contributed by atoms with Crippen molar-refractivity contribution in [3.05, 3.63) is 0 Å². The third-order valence-corrected chi connectivity index (χ3v) is 1.38. The lowest BCUT2D eigenvalue weighted by Crippen LogP contribution is -2.14. The largest absolute Gasteiger partial charge is 0.461 e. The number of carbonyl (C=O) groups is 2.